The van der Waals surface area contributed by atoms with Crippen LogP contribution in [0.2, 0.25) is 0 Å². The molecule has 1 saturated heterocycles. The molecule has 0 spiro atoms. The number of aromatic hydroxyl groups is 1. The molecule has 4 N–H and O–H groups in total. The van der Waals surface area contributed by atoms with Crippen LogP contribution in [0.25, 0.3) is 15.7 Å². The van der Waals surface area contributed by atoms with Crippen LogP contribution in [0.3, 0.4) is 0 Å². The minimum atomic E-state index is -1.20. The summed E-state index contributed by atoms with van der Waals surface area (Å²) in [6.07, 6.45) is -3.64. The smallest absolute Gasteiger partial charge is 0.121 e. The van der Waals surface area contributed by atoms with Crippen molar-refractivity contribution in [3.05, 3.63) is 70.6 Å². The Kier molecular flexibility index (Phi) is 5.46. The lowest BCUT2D eigenvalue weighted by Crippen LogP contribution is -2.44. The van der Waals surface area contributed by atoms with E-state index < -0.39 is 24.4 Å². The maximum atomic E-state index is 10.5. The molecular formula is C23H24O5S. The molecule has 1 aliphatic heterocycles. The lowest BCUT2D eigenvalue weighted by Gasteiger charge is -2.37. The molecule has 0 radical (unpaired) electrons. The van der Waals surface area contributed by atoms with Gasteiger partial charge in [-0.2, -0.15) is 0 Å². The van der Waals surface area contributed by atoms with Crippen LogP contribution in [0.15, 0.2) is 49.0 Å². The molecule has 152 valence electrons. The van der Waals surface area contributed by atoms with Crippen molar-refractivity contribution in [1.82, 2.24) is 0 Å². The van der Waals surface area contributed by atoms with Crippen LogP contribution in [0, 0.1) is 6.92 Å². The Hall–Kier alpha value is -2.22. The zero-order valence-corrected chi connectivity index (χ0v) is 16.9. The van der Waals surface area contributed by atoms with Crippen molar-refractivity contribution in [1.29, 1.82) is 0 Å². The molecule has 0 bridgehead atoms. The van der Waals surface area contributed by atoms with Crippen LogP contribution < -0.4 is 0 Å². The third kappa shape index (κ3) is 3.70. The Bertz CT molecular complexity index is 1020. The number of ether oxygens (including phenoxy) is 1. The number of aryl methyl sites for hydroxylation is 1. The Morgan fingerprint density at radius 2 is 1.97 bits per heavy atom. The third-order valence-corrected chi connectivity index (χ3v) is 6.66. The fourth-order valence-electron chi connectivity index (χ4n) is 3.85. The Balaban J connectivity index is 1.74. The van der Waals surface area contributed by atoms with Gasteiger partial charge in [0.15, 0.2) is 0 Å². The average Bonchev–Trinajstić information content (AvgIpc) is 3.14. The van der Waals surface area contributed by atoms with Gasteiger partial charge in [-0.1, -0.05) is 24.8 Å². The number of phenols is 1. The van der Waals surface area contributed by atoms with Crippen molar-refractivity contribution in [3.63, 3.8) is 0 Å². The molecular weight excluding hydrogens is 388 g/mol. The van der Waals surface area contributed by atoms with Crippen LogP contribution in [0.1, 0.15) is 34.1 Å². The zero-order chi connectivity index (χ0) is 20.7. The van der Waals surface area contributed by atoms with Gasteiger partial charge in [-0.25, -0.2) is 0 Å². The fraction of sp³-hybridized carbons (Fsp3) is 0.304. The molecule has 3 aromatic rings. The second-order valence-electron chi connectivity index (χ2n) is 7.51. The normalized spacial score (nSPS) is 24.7. The zero-order valence-electron chi connectivity index (χ0n) is 16.1. The van der Waals surface area contributed by atoms with Crippen LogP contribution in [0.4, 0.5) is 0 Å². The molecule has 5 nitrogen and oxygen atoms in total. The highest BCUT2D eigenvalue weighted by Gasteiger charge is 2.38. The van der Waals surface area contributed by atoms with Gasteiger partial charge in [0, 0.05) is 21.6 Å². The number of fused-ring (bicyclic) bond motifs is 1. The van der Waals surface area contributed by atoms with E-state index in [1.165, 1.54) is 4.70 Å². The summed E-state index contributed by atoms with van der Waals surface area (Å²) in [5.74, 6) is -0.0229. The molecule has 2 aromatic carbocycles. The first-order valence-corrected chi connectivity index (χ1v) is 10.3. The van der Waals surface area contributed by atoms with Crippen LogP contribution >= 0.6 is 11.3 Å². The summed E-state index contributed by atoms with van der Waals surface area (Å²) in [5.41, 5.74) is 2.87. The summed E-state index contributed by atoms with van der Waals surface area (Å²) in [5, 5.41) is 41.7. The van der Waals surface area contributed by atoms with E-state index in [9.17, 15) is 20.4 Å². The number of aliphatic hydroxyl groups excluding tert-OH is 3. The number of thiophene rings is 1. The largest absolute Gasteiger partial charge is 0.508 e. The first-order valence-electron chi connectivity index (χ1n) is 9.53. The summed E-state index contributed by atoms with van der Waals surface area (Å²) < 4.78 is 6.93. The molecule has 4 rings (SSSR count). The number of benzene rings is 2. The first kappa shape index (κ1) is 20.1. The predicted octanol–water partition coefficient (Wildman–Crippen LogP) is 3.52. The molecule has 0 saturated carbocycles. The summed E-state index contributed by atoms with van der Waals surface area (Å²) in [4.78, 5) is 1.02. The fourth-order valence-corrected chi connectivity index (χ4v) is 4.90. The highest BCUT2D eigenvalue weighted by molar-refractivity contribution is 7.20. The second-order valence-corrected chi connectivity index (χ2v) is 8.59. The van der Waals surface area contributed by atoms with Crippen molar-refractivity contribution in [3.8, 4) is 5.75 Å². The lowest BCUT2D eigenvalue weighted by molar-refractivity contribution is -0.180. The molecule has 1 fully saturated rings. The van der Waals surface area contributed by atoms with Crippen molar-refractivity contribution < 1.29 is 25.2 Å². The molecule has 2 heterocycles. The summed E-state index contributed by atoms with van der Waals surface area (Å²) in [6.45, 7) is 5.89. The van der Waals surface area contributed by atoms with E-state index in [1.54, 1.807) is 23.5 Å². The van der Waals surface area contributed by atoms with Gasteiger partial charge in [-0.15, -0.1) is 11.3 Å². The maximum Gasteiger partial charge on any atom is 0.121 e. The van der Waals surface area contributed by atoms with E-state index in [0.29, 0.717) is 5.56 Å². The van der Waals surface area contributed by atoms with E-state index in [1.807, 2.05) is 19.1 Å². The third-order valence-electron chi connectivity index (χ3n) is 5.48. The molecule has 1 aromatic heterocycles. The van der Waals surface area contributed by atoms with Crippen molar-refractivity contribution in [2.75, 3.05) is 6.61 Å². The van der Waals surface area contributed by atoms with E-state index in [-0.39, 0.29) is 18.8 Å². The van der Waals surface area contributed by atoms with Gasteiger partial charge in [0.05, 0.1) is 18.8 Å². The highest BCUT2D eigenvalue weighted by atomic mass is 32.1. The van der Waals surface area contributed by atoms with Crippen LogP contribution in [-0.2, 0) is 4.74 Å². The predicted molar refractivity (Wildman–Crippen MR) is 114 cm³/mol. The molecule has 1 aliphatic rings. The average molecular weight is 413 g/mol. The van der Waals surface area contributed by atoms with Crippen molar-refractivity contribution in [2.24, 2.45) is 0 Å². The second kappa shape index (κ2) is 7.89. The van der Waals surface area contributed by atoms with Crippen LogP contribution in [0.5, 0.6) is 5.75 Å². The molecule has 0 amide bonds. The van der Waals surface area contributed by atoms with Crippen molar-refractivity contribution >= 4 is 27.0 Å². The van der Waals surface area contributed by atoms with E-state index in [0.717, 1.165) is 27.0 Å². The monoisotopic (exact) mass is 412 g/mol. The highest BCUT2D eigenvalue weighted by Crippen LogP contribution is 2.41. The first-order chi connectivity index (χ1) is 13.9. The van der Waals surface area contributed by atoms with Gasteiger partial charge >= 0.3 is 0 Å². The topological polar surface area (TPSA) is 90.2 Å². The van der Waals surface area contributed by atoms with E-state index in [4.69, 9.17) is 4.74 Å². The minimum absolute atomic E-state index is 0.0229. The molecule has 0 aliphatic carbocycles. The maximum absolute atomic E-state index is 10.5. The van der Waals surface area contributed by atoms with Gasteiger partial charge in [-0.3, -0.25) is 0 Å². The summed E-state index contributed by atoms with van der Waals surface area (Å²) in [6, 6.07) is 13.6. The molecule has 6 heteroatoms. The molecule has 4 atom stereocenters. The van der Waals surface area contributed by atoms with Gasteiger partial charge in [0.2, 0.25) is 0 Å². The number of rotatable bonds is 4. The van der Waals surface area contributed by atoms with Gasteiger partial charge in [0.1, 0.15) is 18.0 Å². The SMILES string of the molecule is C=C(c1cc2ccccc2s1)c1cc([C@@H]2O[C@H](CO)C[C@H](O)[C@H]2O)c(O)cc1C. The quantitative estimate of drug-likeness (QED) is 0.526. The summed E-state index contributed by atoms with van der Waals surface area (Å²) in [7, 11) is 0. The van der Waals surface area contributed by atoms with Gasteiger partial charge < -0.3 is 25.2 Å². The van der Waals surface area contributed by atoms with E-state index >= 15 is 0 Å². The Labute approximate surface area is 173 Å². The lowest BCUT2D eigenvalue weighted by atomic mass is 9.89. The Morgan fingerprint density at radius 3 is 2.69 bits per heavy atom. The van der Waals surface area contributed by atoms with Gasteiger partial charge in [0.25, 0.3) is 0 Å². The number of aliphatic hydroxyl groups is 3. The standard InChI is InChI=1S/C23H24O5S/c1-12-7-18(25)17(23-22(27)19(26)9-15(11-24)28-23)10-16(12)13(2)21-8-14-5-3-4-6-20(14)29-21/h3-8,10,15,19,22-27H,2,9,11H2,1H3/t15-,19-,22+,23-/m0/s1. The van der Waals surface area contributed by atoms with Crippen molar-refractivity contribution in [2.45, 2.75) is 37.8 Å². The van der Waals surface area contributed by atoms with E-state index in [2.05, 4.69) is 24.8 Å². The molecule has 0 unspecified atom stereocenters. The molecule has 29 heavy (non-hydrogen) atoms. The Morgan fingerprint density at radius 1 is 1.21 bits per heavy atom. The number of hydrogen-bond donors (Lipinski definition) is 4. The number of hydrogen-bond acceptors (Lipinski definition) is 6. The van der Waals surface area contributed by atoms with Gasteiger partial charge in [-0.05, 0) is 53.3 Å². The number of phenolic OH excluding ortho intramolecular Hbond substituents is 1. The summed E-state index contributed by atoms with van der Waals surface area (Å²) >= 11 is 1.64. The van der Waals surface area contributed by atoms with Crippen LogP contribution in [-0.4, -0.2) is 45.3 Å². The minimum Gasteiger partial charge on any atom is -0.508 e.